The molecule has 23 nitrogen and oxygen atoms in total. The van der Waals surface area contributed by atoms with E-state index < -0.39 is 128 Å². The largest absolute Gasteiger partial charge is 0.481 e. The molecule has 0 fully saturated rings. The van der Waals surface area contributed by atoms with Crippen LogP contribution in [0.5, 0.6) is 0 Å². The first-order valence-electron chi connectivity index (χ1n) is 18.1. The van der Waals surface area contributed by atoms with Gasteiger partial charge in [-0.25, -0.2) is 4.79 Å². The molecule has 0 aromatic rings. The molecule has 17 N–H and O–H groups in total. The summed E-state index contributed by atoms with van der Waals surface area (Å²) in [6.45, 7) is 3.83. The smallest absolute Gasteiger partial charge is 0.326 e. The summed E-state index contributed by atoms with van der Waals surface area (Å²) in [7, 11) is 0. The SMILES string of the molecule is CC(C)C[C@H](NC(=O)[C@H](CCC(=O)O)NC(=O)[C@H](CCC(=O)O)NC(=O)[C@@H](N)CCCCN)C(=O)N[C@@H](CCC(=O)O)C(=O)N[C@@H](CCCNC(=N)N)C(=O)O. The van der Waals surface area contributed by atoms with E-state index in [9.17, 15) is 63.6 Å². The van der Waals surface area contributed by atoms with Crippen molar-refractivity contribution in [2.75, 3.05) is 13.1 Å². The predicted octanol–water partition coefficient (Wildman–Crippen LogP) is -3.14. The molecule has 6 atom stereocenters. The third-order valence-corrected chi connectivity index (χ3v) is 8.09. The van der Waals surface area contributed by atoms with Gasteiger partial charge in [-0.1, -0.05) is 20.3 Å². The number of nitrogens with two attached hydrogens (primary N) is 3. The Labute approximate surface area is 323 Å². The molecule has 318 valence electrons. The maximum atomic E-state index is 13.6. The number of carboxylic acid groups (broad SMARTS) is 4. The Bertz CT molecular complexity index is 1380. The summed E-state index contributed by atoms with van der Waals surface area (Å²) < 4.78 is 0. The molecule has 0 aromatic carbocycles. The van der Waals surface area contributed by atoms with Crippen molar-refractivity contribution in [1.82, 2.24) is 31.9 Å². The molecular weight excluding hydrogens is 744 g/mol. The topological polar surface area (TPSA) is 409 Å². The maximum absolute atomic E-state index is 13.6. The standard InChI is InChI=1S/C33H58N10O13/c1-17(2)16-23(31(54)41-20(9-12-25(46)47)29(52)42-22(32(55)56)7-5-15-38-33(36)37)43-30(53)21(10-13-26(48)49)40-28(51)19(8-11-24(44)45)39-27(50)18(35)6-3-4-14-34/h17-23H,3-16,34-35H2,1-2H3,(H,39,50)(H,40,51)(H,41,54)(H,42,52)(H,43,53)(H,44,45)(H,46,47)(H,48,49)(H,55,56)(H4,36,37,38)/t18-,19-,20-,21-,22-,23-/m0/s1. The number of rotatable bonds is 30. The highest BCUT2D eigenvalue weighted by molar-refractivity contribution is 5.96. The molecule has 0 spiro atoms. The number of carbonyl (C=O) groups is 9. The van der Waals surface area contributed by atoms with Gasteiger partial charge >= 0.3 is 23.9 Å². The van der Waals surface area contributed by atoms with Gasteiger partial charge in [-0.2, -0.15) is 0 Å². The van der Waals surface area contributed by atoms with Crippen molar-refractivity contribution < 1.29 is 63.6 Å². The molecule has 0 rings (SSSR count). The number of amides is 5. The van der Waals surface area contributed by atoms with E-state index in [-0.39, 0.29) is 44.1 Å². The second kappa shape index (κ2) is 27.1. The van der Waals surface area contributed by atoms with Crippen LogP contribution < -0.4 is 49.1 Å². The first kappa shape index (κ1) is 50.4. The molecule has 0 bridgehead atoms. The second-order valence-electron chi connectivity index (χ2n) is 13.4. The molecule has 0 aliphatic carbocycles. The lowest BCUT2D eigenvalue weighted by Crippen LogP contribution is -2.59. The van der Waals surface area contributed by atoms with E-state index in [2.05, 4.69) is 31.9 Å². The van der Waals surface area contributed by atoms with E-state index in [0.29, 0.717) is 19.4 Å². The fourth-order valence-electron chi connectivity index (χ4n) is 5.11. The average Bonchev–Trinajstić information content (AvgIpc) is 3.09. The van der Waals surface area contributed by atoms with Crippen LogP contribution in [-0.2, 0) is 43.2 Å². The molecule has 23 heteroatoms. The minimum absolute atomic E-state index is 0.0787. The van der Waals surface area contributed by atoms with Crippen LogP contribution in [0.4, 0.5) is 0 Å². The Hall–Kier alpha value is -5.58. The van der Waals surface area contributed by atoms with Gasteiger partial charge in [0.15, 0.2) is 5.96 Å². The summed E-state index contributed by atoms with van der Waals surface area (Å²) in [6, 6.07) is -8.74. The van der Waals surface area contributed by atoms with Crippen molar-refractivity contribution in [3.05, 3.63) is 0 Å². The van der Waals surface area contributed by atoms with E-state index in [1.807, 2.05) is 0 Å². The Morgan fingerprint density at radius 1 is 0.554 bits per heavy atom. The van der Waals surface area contributed by atoms with Crippen molar-refractivity contribution in [2.24, 2.45) is 23.1 Å². The van der Waals surface area contributed by atoms with Crippen LogP contribution >= 0.6 is 0 Å². The number of carbonyl (C=O) groups excluding carboxylic acids is 5. The van der Waals surface area contributed by atoms with Gasteiger partial charge in [0.05, 0.1) is 6.04 Å². The molecule has 0 saturated heterocycles. The molecule has 0 heterocycles. The number of hydrogen-bond acceptors (Lipinski definition) is 12. The van der Waals surface area contributed by atoms with Crippen LogP contribution in [0.1, 0.15) is 90.9 Å². The van der Waals surface area contributed by atoms with Crippen LogP contribution in [0.25, 0.3) is 0 Å². The number of nitrogens with one attached hydrogen (secondary N) is 7. The summed E-state index contributed by atoms with van der Waals surface area (Å²) in [5.74, 6) is -11.0. The van der Waals surface area contributed by atoms with E-state index >= 15 is 0 Å². The molecule has 56 heavy (non-hydrogen) atoms. The zero-order valence-corrected chi connectivity index (χ0v) is 31.6. The molecule has 0 aliphatic heterocycles. The van der Waals surface area contributed by atoms with Crippen molar-refractivity contribution in [3.8, 4) is 0 Å². The van der Waals surface area contributed by atoms with Crippen molar-refractivity contribution in [3.63, 3.8) is 0 Å². The van der Waals surface area contributed by atoms with Crippen molar-refractivity contribution in [2.45, 2.75) is 127 Å². The Balaban J connectivity index is 6.26. The van der Waals surface area contributed by atoms with E-state index in [0.717, 1.165) is 0 Å². The quantitative estimate of drug-likeness (QED) is 0.0194. The lowest BCUT2D eigenvalue weighted by atomic mass is 10.0. The van der Waals surface area contributed by atoms with Crippen LogP contribution in [0.15, 0.2) is 0 Å². The van der Waals surface area contributed by atoms with Gasteiger partial charge < -0.3 is 69.5 Å². The second-order valence-corrected chi connectivity index (χ2v) is 13.4. The molecule has 0 saturated carbocycles. The first-order chi connectivity index (χ1) is 26.2. The van der Waals surface area contributed by atoms with Gasteiger partial charge in [0.2, 0.25) is 29.5 Å². The van der Waals surface area contributed by atoms with E-state index in [1.165, 1.54) is 0 Å². The number of carboxylic acids is 4. The van der Waals surface area contributed by atoms with Crippen LogP contribution in [0.3, 0.4) is 0 Å². The van der Waals surface area contributed by atoms with Gasteiger partial charge in [0, 0.05) is 25.8 Å². The summed E-state index contributed by atoms with van der Waals surface area (Å²) in [4.78, 5) is 113. The highest BCUT2D eigenvalue weighted by Gasteiger charge is 2.33. The molecule has 0 radical (unpaired) electrons. The summed E-state index contributed by atoms with van der Waals surface area (Å²) in [5.41, 5.74) is 16.6. The first-order valence-corrected chi connectivity index (χ1v) is 18.1. The number of guanidine groups is 1. The third kappa shape index (κ3) is 22.6. The molecule has 0 unspecified atom stereocenters. The third-order valence-electron chi connectivity index (χ3n) is 8.09. The summed E-state index contributed by atoms with van der Waals surface area (Å²) in [5, 5.41) is 58.8. The fourth-order valence-corrected chi connectivity index (χ4v) is 5.11. The van der Waals surface area contributed by atoms with Crippen LogP contribution in [0, 0.1) is 11.3 Å². The number of aliphatic carboxylic acids is 4. The monoisotopic (exact) mass is 802 g/mol. The molecule has 5 amide bonds. The average molecular weight is 803 g/mol. The summed E-state index contributed by atoms with van der Waals surface area (Å²) >= 11 is 0. The Kier molecular flexibility index (Phi) is 24.4. The van der Waals surface area contributed by atoms with Gasteiger partial charge in [0.25, 0.3) is 0 Å². The van der Waals surface area contributed by atoms with Gasteiger partial charge in [0.1, 0.15) is 30.2 Å². The molecule has 0 aliphatic rings. The zero-order chi connectivity index (χ0) is 43.0. The summed E-state index contributed by atoms with van der Waals surface area (Å²) in [6.07, 6.45) is -2.04. The van der Waals surface area contributed by atoms with Gasteiger partial charge in [-0.3, -0.25) is 43.8 Å². The Morgan fingerprint density at radius 2 is 0.946 bits per heavy atom. The highest BCUT2D eigenvalue weighted by atomic mass is 16.4. The van der Waals surface area contributed by atoms with Gasteiger partial charge in [-0.05, 0) is 63.8 Å². The zero-order valence-electron chi connectivity index (χ0n) is 31.6. The van der Waals surface area contributed by atoms with Gasteiger partial charge in [-0.15, -0.1) is 0 Å². The van der Waals surface area contributed by atoms with E-state index in [4.69, 9.17) is 22.6 Å². The van der Waals surface area contributed by atoms with Crippen LogP contribution in [0.2, 0.25) is 0 Å². The number of unbranched alkanes of at least 4 members (excludes halogenated alkanes) is 1. The van der Waals surface area contributed by atoms with Crippen molar-refractivity contribution in [1.29, 1.82) is 5.41 Å². The van der Waals surface area contributed by atoms with Crippen molar-refractivity contribution >= 4 is 59.4 Å². The maximum Gasteiger partial charge on any atom is 0.326 e. The lowest BCUT2D eigenvalue weighted by molar-refractivity contribution is -0.143. The fraction of sp³-hybridized carbons (Fsp3) is 0.697. The lowest BCUT2D eigenvalue weighted by Gasteiger charge is -2.27. The molecule has 0 aromatic heterocycles. The Morgan fingerprint density at radius 3 is 1.32 bits per heavy atom. The minimum atomic E-state index is -1.64. The highest BCUT2D eigenvalue weighted by Crippen LogP contribution is 2.11. The van der Waals surface area contributed by atoms with E-state index in [1.54, 1.807) is 13.8 Å². The normalized spacial score (nSPS) is 14.1. The van der Waals surface area contributed by atoms with Crippen LogP contribution in [-0.4, -0.2) is 129 Å². The predicted molar refractivity (Wildman–Crippen MR) is 197 cm³/mol. The molecular formula is C33H58N10O13. The number of hydrogen-bond donors (Lipinski definition) is 14. The minimum Gasteiger partial charge on any atom is -0.481 e.